The summed E-state index contributed by atoms with van der Waals surface area (Å²) in [5.41, 5.74) is 4.57. The molecule has 0 spiro atoms. The number of aliphatic carboxylic acids is 1. The Morgan fingerprint density at radius 2 is 1.62 bits per heavy atom. The molecule has 0 saturated carbocycles. The number of carbonyl (C=O) groups excluding carboxylic acids is 1. The number of hydrogen-bond acceptors (Lipinski definition) is 7. The number of hydrogen-bond donors (Lipinski definition) is 0. The number of nitrogens with zero attached hydrogens (tertiary/aromatic N) is 5. The van der Waals surface area contributed by atoms with Crippen LogP contribution < -0.4 is 19.5 Å². The van der Waals surface area contributed by atoms with Crippen molar-refractivity contribution in [3.05, 3.63) is 65.9 Å². The van der Waals surface area contributed by atoms with Crippen molar-refractivity contribution in [3.8, 4) is 0 Å². The zero-order valence-electron chi connectivity index (χ0n) is 21.0. The molecular formula is C26H35N5O2S. The molecule has 0 aliphatic carbocycles. The molecule has 0 amide bonds. The lowest BCUT2D eigenvalue weighted by atomic mass is 10.1. The highest BCUT2D eigenvalue weighted by Crippen LogP contribution is 2.30. The van der Waals surface area contributed by atoms with Crippen molar-refractivity contribution in [2.45, 2.75) is 41.2 Å². The first-order valence-corrected chi connectivity index (χ1v) is 12.3. The maximum absolute atomic E-state index is 8.89. The molecule has 1 aromatic heterocycles. The predicted molar refractivity (Wildman–Crippen MR) is 138 cm³/mol. The number of aryl methyl sites for hydroxylation is 2. The van der Waals surface area contributed by atoms with E-state index in [1.54, 1.807) is 11.3 Å². The predicted octanol–water partition coefficient (Wildman–Crippen LogP) is 4.93. The minimum atomic E-state index is -1.08. The zero-order chi connectivity index (χ0) is 25.1. The van der Waals surface area contributed by atoms with Crippen LogP contribution in [-0.4, -0.2) is 25.6 Å². The Bertz CT molecular complexity index is 1070. The summed E-state index contributed by atoms with van der Waals surface area (Å²) < 4.78 is 2.05. The third-order valence-corrected chi connectivity index (χ3v) is 6.39. The van der Waals surface area contributed by atoms with Crippen LogP contribution in [0.15, 0.2) is 65.0 Å². The normalized spacial score (nSPS) is 10.6. The van der Waals surface area contributed by atoms with E-state index in [2.05, 4.69) is 102 Å². The number of benzene rings is 2. The summed E-state index contributed by atoms with van der Waals surface area (Å²) >= 11 is 1.68. The van der Waals surface area contributed by atoms with E-state index >= 15 is 0 Å². The second-order valence-electron chi connectivity index (χ2n) is 7.80. The number of anilines is 2. The zero-order valence-corrected chi connectivity index (χ0v) is 21.8. The van der Waals surface area contributed by atoms with Crippen LogP contribution in [0.1, 0.15) is 38.8 Å². The third kappa shape index (κ3) is 7.95. The number of thiazole rings is 1. The molecule has 0 atom stereocenters. The molecule has 182 valence electrons. The van der Waals surface area contributed by atoms with Gasteiger partial charge in [0.25, 0.3) is 0 Å². The minimum Gasteiger partial charge on any atom is -0.550 e. The van der Waals surface area contributed by atoms with Crippen LogP contribution in [0.25, 0.3) is 0 Å². The molecule has 0 fully saturated rings. The van der Waals surface area contributed by atoms with Gasteiger partial charge in [-0.05, 0) is 80.4 Å². The monoisotopic (exact) mass is 481 g/mol. The first-order chi connectivity index (χ1) is 16.3. The van der Waals surface area contributed by atoms with E-state index in [4.69, 9.17) is 9.90 Å². The maximum Gasteiger partial charge on any atom is 0.410 e. The van der Waals surface area contributed by atoms with Crippen molar-refractivity contribution in [2.75, 3.05) is 29.4 Å². The molecule has 7 nitrogen and oxygen atoms in total. The lowest BCUT2D eigenvalue weighted by Crippen LogP contribution is -2.26. The van der Waals surface area contributed by atoms with Crippen LogP contribution in [0.5, 0.6) is 0 Å². The van der Waals surface area contributed by atoms with Gasteiger partial charge in [-0.15, -0.1) is 0 Å². The summed E-state index contributed by atoms with van der Waals surface area (Å²) in [6.45, 7) is 13.4. The van der Waals surface area contributed by atoms with Gasteiger partial charge in [0.15, 0.2) is 0 Å². The van der Waals surface area contributed by atoms with E-state index in [0.29, 0.717) is 0 Å². The molecule has 3 aromatic rings. The topological polar surface area (TPSA) is 75.2 Å². The summed E-state index contributed by atoms with van der Waals surface area (Å²) in [4.78, 5) is 13.6. The quantitative estimate of drug-likeness (QED) is 0.321. The van der Waals surface area contributed by atoms with Gasteiger partial charge in [0.05, 0.1) is 12.2 Å². The SMILES string of the molecule is CC(=O)[O-].CCN(Cc1ccccc1)c1ccc(/N=N/c2sc(N(CC)CC)c[n+]2C)c(C)c1. The standard InChI is InChI=1S/C24H32N5S.C2H4O2/c1-6-28(7-2)23-18-27(5)24(30-23)26-25-22-15-14-21(16-19(22)4)29(8-3)17-20-12-10-9-11-13-20;1-2(3)4/h9-16,18H,6-8,17H2,1-5H3;1H3,(H,3,4)/q+1;/p-1. The van der Waals surface area contributed by atoms with Crippen molar-refractivity contribution in [1.82, 2.24) is 0 Å². The molecule has 0 saturated heterocycles. The van der Waals surface area contributed by atoms with Gasteiger partial charge in [-0.2, -0.15) is 0 Å². The minimum absolute atomic E-state index is 0.900. The first-order valence-electron chi connectivity index (χ1n) is 11.5. The number of rotatable bonds is 9. The molecule has 3 rings (SSSR count). The highest BCUT2D eigenvalue weighted by molar-refractivity contribution is 7.18. The van der Waals surface area contributed by atoms with E-state index in [0.717, 1.165) is 49.5 Å². The van der Waals surface area contributed by atoms with Crippen LogP contribution in [-0.2, 0) is 18.4 Å². The third-order valence-electron chi connectivity index (χ3n) is 5.26. The molecule has 8 heteroatoms. The maximum atomic E-state index is 8.89. The largest absolute Gasteiger partial charge is 0.550 e. The summed E-state index contributed by atoms with van der Waals surface area (Å²) in [6, 6.07) is 17.0. The summed E-state index contributed by atoms with van der Waals surface area (Å²) in [6.07, 6.45) is 2.13. The van der Waals surface area contributed by atoms with Gasteiger partial charge in [-0.1, -0.05) is 30.3 Å². The molecule has 0 unspecified atom stereocenters. The Morgan fingerprint density at radius 3 is 2.18 bits per heavy atom. The van der Waals surface area contributed by atoms with Gasteiger partial charge in [0.2, 0.25) is 0 Å². The van der Waals surface area contributed by atoms with Gasteiger partial charge in [-0.25, -0.2) is 4.57 Å². The van der Waals surface area contributed by atoms with Crippen LogP contribution in [0.2, 0.25) is 0 Å². The van der Waals surface area contributed by atoms with Gasteiger partial charge >= 0.3 is 5.13 Å². The lowest BCUT2D eigenvalue weighted by Gasteiger charge is -2.23. The second kappa shape index (κ2) is 13.4. The Kier molecular flexibility index (Phi) is 10.7. The molecule has 0 aliphatic rings. The number of aromatic nitrogens is 1. The highest BCUT2D eigenvalue weighted by Gasteiger charge is 2.17. The van der Waals surface area contributed by atoms with Gasteiger partial charge in [0.1, 0.15) is 16.9 Å². The molecule has 0 N–H and O–H groups in total. The van der Waals surface area contributed by atoms with Crippen LogP contribution >= 0.6 is 11.3 Å². The van der Waals surface area contributed by atoms with Gasteiger partial charge < -0.3 is 19.7 Å². The molecular weight excluding hydrogens is 446 g/mol. The molecule has 1 heterocycles. The van der Waals surface area contributed by atoms with E-state index < -0.39 is 5.97 Å². The Balaban J connectivity index is 0.000000945. The van der Waals surface area contributed by atoms with Crippen LogP contribution in [0, 0.1) is 6.92 Å². The number of azo groups is 1. The Morgan fingerprint density at radius 1 is 1.00 bits per heavy atom. The van der Waals surface area contributed by atoms with Gasteiger partial charge in [-0.3, -0.25) is 0 Å². The van der Waals surface area contributed by atoms with E-state index in [1.165, 1.54) is 16.3 Å². The van der Waals surface area contributed by atoms with Crippen molar-refractivity contribution < 1.29 is 14.5 Å². The fraction of sp³-hybridized carbons (Fsp3) is 0.385. The van der Waals surface area contributed by atoms with Crippen molar-refractivity contribution in [3.63, 3.8) is 0 Å². The van der Waals surface area contributed by atoms with Crippen LogP contribution in [0.3, 0.4) is 0 Å². The van der Waals surface area contributed by atoms with Crippen molar-refractivity contribution in [1.29, 1.82) is 0 Å². The summed E-state index contributed by atoms with van der Waals surface area (Å²) in [5.74, 6) is -1.08. The van der Waals surface area contributed by atoms with Crippen molar-refractivity contribution in [2.24, 2.45) is 17.3 Å². The highest BCUT2D eigenvalue weighted by atomic mass is 32.1. The number of carboxylic acids is 1. The van der Waals surface area contributed by atoms with Crippen LogP contribution in [0.4, 0.5) is 21.5 Å². The number of carboxylic acid groups (broad SMARTS) is 1. The Hall–Kier alpha value is -3.26. The Labute approximate surface area is 207 Å². The smallest absolute Gasteiger partial charge is 0.410 e. The molecule has 2 aromatic carbocycles. The van der Waals surface area contributed by atoms with E-state index in [1.807, 2.05) is 11.6 Å². The van der Waals surface area contributed by atoms with E-state index in [-0.39, 0.29) is 0 Å². The second-order valence-corrected chi connectivity index (χ2v) is 8.78. The first kappa shape index (κ1) is 27.0. The fourth-order valence-electron chi connectivity index (χ4n) is 3.42. The lowest BCUT2D eigenvalue weighted by molar-refractivity contribution is -0.653. The average Bonchev–Trinajstić information content (AvgIpc) is 3.18. The number of carbonyl (C=O) groups is 1. The average molecular weight is 482 g/mol. The molecule has 34 heavy (non-hydrogen) atoms. The molecule has 0 bridgehead atoms. The van der Waals surface area contributed by atoms with E-state index in [9.17, 15) is 0 Å². The molecule has 0 aliphatic heterocycles. The summed E-state index contributed by atoms with van der Waals surface area (Å²) in [5, 5.41) is 20.1. The van der Waals surface area contributed by atoms with Crippen molar-refractivity contribution >= 4 is 38.8 Å². The molecule has 0 radical (unpaired) electrons. The summed E-state index contributed by atoms with van der Waals surface area (Å²) in [7, 11) is 2.02. The van der Waals surface area contributed by atoms with Gasteiger partial charge in [0, 0.05) is 37.8 Å². The fourth-order valence-corrected chi connectivity index (χ4v) is 4.48.